The molecular weight excluding hydrogens is 192 g/mol. The fourth-order valence-electron chi connectivity index (χ4n) is 1.04. The van der Waals surface area contributed by atoms with Gasteiger partial charge in [-0.25, -0.2) is 4.79 Å². The van der Waals surface area contributed by atoms with Crippen molar-refractivity contribution < 1.29 is 9.53 Å². The second kappa shape index (κ2) is 3.81. The van der Waals surface area contributed by atoms with Gasteiger partial charge in [0.1, 0.15) is 5.60 Å². The number of carbonyl (C=O) groups is 1. The van der Waals surface area contributed by atoms with Crippen molar-refractivity contribution in [2.45, 2.75) is 26.4 Å². The molecule has 0 spiro atoms. The van der Waals surface area contributed by atoms with Crippen molar-refractivity contribution in [3.8, 4) is 0 Å². The number of benzene rings is 1. The Hall–Kier alpha value is -1.71. The first-order valence-electron chi connectivity index (χ1n) is 4.68. The predicted octanol–water partition coefficient (Wildman–Crippen LogP) is 1.81. The first kappa shape index (κ1) is 11.4. The Morgan fingerprint density at radius 2 is 1.80 bits per heavy atom. The van der Waals surface area contributed by atoms with Crippen LogP contribution in [0.25, 0.3) is 0 Å². The molecular formula is C11H16N2O2. The number of carbonyl (C=O) groups excluding carboxylic acids is 1. The summed E-state index contributed by atoms with van der Waals surface area (Å²) in [4.78, 5) is 11.6. The van der Waals surface area contributed by atoms with Crippen molar-refractivity contribution in [2.75, 3.05) is 11.5 Å². The quantitative estimate of drug-likeness (QED) is 0.545. The van der Waals surface area contributed by atoms with Crippen LogP contribution in [0.3, 0.4) is 0 Å². The van der Waals surface area contributed by atoms with Crippen molar-refractivity contribution in [3.63, 3.8) is 0 Å². The maximum Gasteiger partial charge on any atom is 0.338 e. The molecule has 0 unspecified atom stereocenters. The van der Waals surface area contributed by atoms with Crippen molar-refractivity contribution >= 4 is 17.3 Å². The number of ether oxygens (including phenoxy) is 1. The summed E-state index contributed by atoms with van der Waals surface area (Å²) >= 11 is 0. The third-order valence-corrected chi connectivity index (χ3v) is 1.72. The molecule has 0 aliphatic heterocycles. The Bertz CT molecular complexity index is 381. The molecule has 0 saturated heterocycles. The zero-order chi connectivity index (χ0) is 11.6. The third kappa shape index (κ3) is 3.16. The van der Waals surface area contributed by atoms with Crippen LogP contribution >= 0.6 is 0 Å². The number of hydrogen-bond acceptors (Lipinski definition) is 4. The molecule has 1 rings (SSSR count). The molecule has 0 radical (unpaired) electrons. The van der Waals surface area contributed by atoms with Crippen LogP contribution in [0.2, 0.25) is 0 Å². The minimum Gasteiger partial charge on any atom is -0.456 e. The molecule has 0 aliphatic carbocycles. The summed E-state index contributed by atoms with van der Waals surface area (Å²) < 4.78 is 5.18. The second-order valence-electron chi connectivity index (χ2n) is 4.35. The molecule has 0 aliphatic rings. The first-order chi connectivity index (χ1) is 6.79. The van der Waals surface area contributed by atoms with E-state index in [1.54, 1.807) is 12.1 Å². The van der Waals surface area contributed by atoms with Crippen molar-refractivity contribution in [2.24, 2.45) is 0 Å². The fourth-order valence-corrected chi connectivity index (χ4v) is 1.04. The highest BCUT2D eigenvalue weighted by Gasteiger charge is 2.18. The Kier molecular flexibility index (Phi) is 2.88. The van der Waals surface area contributed by atoms with E-state index in [-0.39, 0.29) is 0 Å². The topological polar surface area (TPSA) is 78.3 Å². The fraction of sp³-hybridized carbons (Fsp3) is 0.364. The average molecular weight is 208 g/mol. The van der Waals surface area contributed by atoms with Gasteiger partial charge in [-0.1, -0.05) is 0 Å². The number of nitrogen functional groups attached to an aromatic ring is 2. The van der Waals surface area contributed by atoms with E-state index in [1.165, 1.54) is 6.07 Å². The second-order valence-corrected chi connectivity index (χ2v) is 4.35. The van der Waals surface area contributed by atoms with Crippen molar-refractivity contribution in [1.29, 1.82) is 0 Å². The normalized spacial score (nSPS) is 11.1. The molecule has 0 saturated carbocycles. The minimum atomic E-state index is -0.507. The number of nitrogens with two attached hydrogens (primary N) is 2. The monoisotopic (exact) mass is 208 g/mol. The van der Waals surface area contributed by atoms with Gasteiger partial charge in [-0.15, -0.1) is 0 Å². The molecule has 1 aromatic carbocycles. The Balaban J connectivity index is 2.88. The Morgan fingerprint density at radius 1 is 1.20 bits per heavy atom. The van der Waals surface area contributed by atoms with Crippen LogP contribution in [0.5, 0.6) is 0 Å². The van der Waals surface area contributed by atoms with Crippen molar-refractivity contribution in [1.82, 2.24) is 0 Å². The summed E-state index contributed by atoms with van der Waals surface area (Å²) in [5.41, 5.74) is 11.9. The van der Waals surface area contributed by atoms with Crippen LogP contribution in [0.1, 0.15) is 31.1 Å². The van der Waals surface area contributed by atoms with Crippen LogP contribution in [0, 0.1) is 0 Å². The molecule has 0 atom stereocenters. The molecule has 0 heterocycles. The van der Waals surface area contributed by atoms with E-state index in [1.807, 2.05) is 20.8 Å². The zero-order valence-electron chi connectivity index (χ0n) is 9.20. The van der Waals surface area contributed by atoms with Gasteiger partial charge in [0.15, 0.2) is 0 Å². The van der Waals surface area contributed by atoms with Gasteiger partial charge < -0.3 is 16.2 Å². The smallest absolute Gasteiger partial charge is 0.338 e. The van der Waals surface area contributed by atoms with Gasteiger partial charge in [-0.05, 0) is 39.0 Å². The lowest BCUT2D eigenvalue weighted by Gasteiger charge is -2.19. The van der Waals surface area contributed by atoms with E-state index in [4.69, 9.17) is 16.2 Å². The molecule has 4 nitrogen and oxygen atoms in total. The zero-order valence-corrected chi connectivity index (χ0v) is 9.20. The lowest BCUT2D eigenvalue weighted by atomic mass is 10.1. The highest BCUT2D eigenvalue weighted by molar-refractivity contribution is 5.91. The van der Waals surface area contributed by atoms with Gasteiger partial charge in [-0.2, -0.15) is 0 Å². The van der Waals surface area contributed by atoms with Gasteiger partial charge in [0.2, 0.25) is 0 Å². The summed E-state index contributed by atoms with van der Waals surface area (Å²) in [5, 5.41) is 0. The van der Waals surface area contributed by atoms with Crippen LogP contribution in [-0.4, -0.2) is 11.6 Å². The summed E-state index contributed by atoms with van der Waals surface area (Å²) in [6.07, 6.45) is 0. The van der Waals surface area contributed by atoms with Crippen LogP contribution in [0.15, 0.2) is 18.2 Å². The molecule has 4 heteroatoms. The van der Waals surface area contributed by atoms with Gasteiger partial charge in [0.25, 0.3) is 0 Å². The highest BCUT2D eigenvalue weighted by atomic mass is 16.6. The summed E-state index contributed by atoms with van der Waals surface area (Å²) in [6.45, 7) is 5.43. The van der Waals surface area contributed by atoms with Gasteiger partial charge in [0.05, 0.1) is 16.9 Å². The van der Waals surface area contributed by atoms with Gasteiger partial charge in [0, 0.05) is 0 Å². The van der Waals surface area contributed by atoms with Crippen LogP contribution in [-0.2, 0) is 4.74 Å². The largest absolute Gasteiger partial charge is 0.456 e. The maximum atomic E-state index is 11.6. The van der Waals surface area contributed by atoms with Crippen LogP contribution < -0.4 is 11.5 Å². The summed E-state index contributed by atoms with van der Waals surface area (Å²) in [5.74, 6) is -0.394. The highest BCUT2D eigenvalue weighted by Crippen LogP contribution is 2.18. The Labute approximate surface area is 89.2 Å². The molecule has 0 bridgehead atoms. The van der Waals surface area contributed by atoms with E-state index < -0.39 is 11.6 Å². The minimum absolute atomic E-state index is 0.387. The van der Waals surface area contributed by atoms with Crippen LogP contribution in [0.4, 0.5) is 11.4 Å². The molecule has 82 valence electrons. The molecule has 1 aromatic rings. The van der Waals surface area contributed by atoms with Crippen molar-refractivity contribution in [3.05, 3.63) is 23.8 Å². The van der Waals surface area contributed by atoms with E-state index in [0.29, 0.717) is 16.9 Å². The number of esters is 1. The SMILES string of the molecule is CC(C)(C)OC(=O)c1ccc(N)c(N)c1. The summed E-state index contributed by atoms with van der Waals surface area (Å²) in [6, 6.07) is 4.71. The van der Waals surface area contributed by atoms with E-state index in [2.05, 4.69) is 0 Å². The number of rotatable bonds is 1. The lowest BCUT2D eigenvalue weighted by Crippen LogP contribution is -2.23. The van der Waals surface area contributed by atoms with E-state index in [0.717, 1.165) is 0 Å². The molecule has 0 fully saturated rings. The standard InChI is InChI=1S/C11H16N2O2/c1-11(2,3)15-10(14)7-4-5-8(12)9(13)6-7/h4-6H,12-13H2,1-3H3. The van der Waals surface area contributed by atoms with E-state index in [9.17, 15) is 4.79 Å². The maximum absolute atomic E-state index is 11.6. The lowest BCUT2D eigenvalue weighted by molar-refractivity contribution is 0.00696. The molecule has 0 aromatic heterocycles. The number of hydrogen-bond donors (Lipinski definition) is 2. The van der Waals surface area contributed by atoms with Gasteiger partial charge in [-0.3, -0.25) is 0 Å². The van der Waals surface area contributed by atoms with Gasteiger partial charge >= 0.3 is 5.97 Å². The first-order valence-corrected chi connectivity index (χ1v) is 4.68. The number of anilines is 2. The molecule has 15 heavy (non-hydrogen) atoms. The Morgan fingerprint density at radius 3 is 2.27 bits per heavy atom. The van der Waals surface area contributed by atoms with E-state index >= 15 is 0 Å². The third-order valence-electron chi connectivity index (χ3n) is 1.72. The molecule has 4 N–H and O–H groups in total. The predicted molar refractivity (Wildman–Crippen MR) is 60.4 cm³/mol. The summed E-state index contributed by atoms with van der Waals surface area (Å²) in [7, 11) is 0. The average Bonchev–Trinajstić information content (AvgIpc) is 2.06. The molecule has 0 amide bonds.